The molecule has 2 aromatic carbocycles. The van der Waals surface area contributed by atoms with Gasteiger partial charge in [-0.05, 0) is 23.8 Å². The topological polar surface area (TPSA) is 46.1 Å². The lowest BCUT2D eigenvalue weighted by Gasteiger charge is -2.22. The highest BCUT2D eigenvalue weighted by molar-refractivity contribution is 5.96. The van der Waals surface area contributed by atoms with Gasteiger partial charge in [0.05, 0.1) is 6.61 Å². The van der Waals surface area contributed by atoms with E-state index in [1.165, 1.54) is 22.0 Å². The highest BCUT2D eigenvalue weighted by atomic mass is 16.5. The molecule has 5 rings (SSSR count). The van der Waals surface area contributed by atoms with E-state index in [-0.39, 0.29) is 0 Å². The maximum Gasteiger partial charge on any atom is 0.0589 e. The first kappa shape index (κ1) is 22.1. The predicted octanol–water partition coefficient (Wildman–Crippen LogP) is 5.85. The van der Waals surface area contributed by atoms with Crippen LogP contribution >= 0.6 is 0 Å². The third kappa shape index (κ3) is 4.96. The Morgan fingerprint density at radius 2 is 1.74 bits per heavy atom. The van der Waals surface area contributed by atoms with Gasteiger partial charge in [0.2, 0.25) is 0 Å². The van der Waals surface area contributed by atoms with Gasteiger partial charge in [0.1, 0.15) is 0 Å². The van der Waals surface area contributed by atoms with Crippen LogP contribution in [0.15, 0.2) is 97.7 Å². The highest BCUT2D eigenvalue weighted by Crippen LogP contribution is 2.32. The summed E-state index contributed by atoms with van der Waals surface area (Å²) in [5, 5.41) is 1.25. The standard InChI is InChI=1S/C29H30N4O/c1-34-16-15-32(21-23-7-3-2-4-8-23)13-14-33-22-28(27-9-5-6-10-29(27)33)26-17-25(19-31-20-26)24-11-12-30-18-24/h2-12,17-20,22,30H,13-16,21H2,1H3. The molecular weight excluding hydrogens is 420 g/mol. The molecule has 5 heteroatoms. The maximum absolute atomic E-state index is 5.38. The molecule has 0 atom stereocenters. The number of rotatable bonds is 10. The van der Waals surface area contributed by atoms with E-state index in [0.29, 0.717) is 0 Å². The molecule has 0 radical (unpaired) electrons. The fourth-order valence-electron chi connectivity index (χ4n) is 4.49. The van der Waals surface area contributed by atoms with Crippen LogP contribution in [0.5, 0.6) is 0 Å². The SMILES string of the molecule is COCCN(CCn1cc(-c2cncc(-c3cc[nH]c3)c2)c2ccccc21)Cc1ccccc1. The highest BCUT2D eigenvalue weighted by Gasteiger charge is 2.13. The van der Waals surface area contributed by atoms with Gasteiger partial charge in [-0.1, -0.05) is 48.5 Å². The number of nitrogens with one attached hydrogen (secondary N) is 1. The van der Waals surface area contributed by atoms with Gasteiger partial charge in [0.15, 0.2) is 0 Å². The molecule has 0 aliphatic rings. The molecular formula is C29H30N4O. The van der Waals surface area contributed by atoms with E-state index in [4.69, 9.17) is 4.74 Å². The number of fused-ring (bicyclic) bond motifs is 1. The summed E-state index contributed by atoms with van der Waals surface area (Å²) in [7, 11) is 1.77. The molecule has 3 heterocycles. The summed E-state index contributed by atoms with van der Waals surface area (Å²) in [4.78, 5) is 10.1. The Morgan fingerprint density at radius 3 is 2.56 bits per heavy atom. The molecule has 0 bridgehead atoms. The molecule has 0 spiro atoms. The Bertz CT molecular complexity index is 1330. The molecule has 0 aliphatic heterocycles. The lowest BCUT2D eigenvalue weighted by molar-refractivity contribution is 0.141. The third-order valence-electron chi connectivity index (χ3n) is 6.29. The monoisotopic (exact) mass is 450 g/mol. The van der Waals surface area contributed by atoms with E-state index in [1.54, 1.807) is 7.11 Å². The number of nitrogens with zero attached hydrogens (tertiary/aromatic N) is 3. The predicted molar refractivity (Wildman–Crippen MR) is 139 cm³/mol. The Labute approximate surface area is 200 Å². The van der Waals surface area contributed by atoms with E-state index in [0.717, 1.165) is 49.5 Å². The summed E-state index contributed by atoms with van der Waals surface area (Å²) in [5.41, 5.74) is 7.18. The minimum absolute atomic E-state index is 0.724. The van der Waals surface area contributed by atoms with E-state index >= 15 is 0 Å². The molecule has 5 aromatic rings. The Hall–Kier alpha value is -3.67. The van der Waals surface area contributed by atoms with Gasteiger partial charge >= 0.3 is 0 Å². The van der Waals surface area contributed by atoms with Crippen LogP contribution in [0.2, 0.25) is 0 Å². The number of pyridine rings is 1. The summed E-state index contributed by atoms with van der Waals surface area (Å²) in [5.74, 6) is 0. The number of H-pyrrole nitrogens is 1. The van der Waals surface area contributed by atoms with Gasteiger partial charge in [-0.15, -0.1) is 0 Å². The van der Waals surface area contributed by atoms with Crippen molar-refractivity contribution < 1.29 is 4.74 Å². The average Bonchev–Trinajstić information content (AvgIpc) is 3.55. The van der Waals surface area contributed by atoms with E-state index in [9.17, 15) is 0 Å². The maximum atomic E-state index is 5.38. The molecule has 172 valence electrons. The minimum Gasteiger partial charge on any atom is -0.383 e. The fraction of sp³-hybridized carbons (Fsp3) is 0.207. The average molecular weight is 451 g/mol. The Morgan fingerprint density at radius 1 is 0.912 bits per heavy atom. The summed E-state index contributed by atoms with van der Waals surface area (Å²) in [6, 6.07) is 23.6. The number of hydrogen-bond acceptors (Lipinski definition) is 3. The van der Waals surface area contributed by atoms with Gasteiger partial charge in [0.25, 0.3) is 0 Å². The van der Waals surface area contributed by atoms with Crippen molar-refractivity contribution in [2.24, 2.45) is 0 Å². The number of hydrogen-bond donors (Lipinski definition) is 1. The first-order chi connectivity index (χ1) is 16.8. The van der Waals surface area contributed by atoms with Crippen LogP contribution < -0.4 is 0 Å². The van der Waals surface area contributed by atoms with Crippen molar-refractivity contribution in [1.29, 1.82) is 0 Å². The molecule has 0 unspecified atom stereocenters. The van der Waals surface area contributed by atoms with E-state index < -0.39 is 0 Å². The van der Waals surface area contributed by atoms with E-state index in [2.05, 4.69) is 92.4 Å². The lowest BCUT2D eigenvalue weighted by atomic mass is 10.0. The van der Waals surface area contributed by atoms with Crippen LogP contribution in [0.4, 0.5) is 0 Å². The van der Waals surface area contributed by atoms with Gasteiger partial charge in [-0.2, -0.15) is 0 Å². The normalized spacial score (nSPS) is 11.5. The van der Waals surface area contributed by atoms with Crippen molar-refractivity contribution in [1.82, 2.24) is 19.4 Å². The van der Waals surface area contributed by atoms with Crippen LogP contribution in [-0.4, -0.2) is 46.2 Å². The van der Waals surface area contributed by atoms with Crippen LogP contribution in [-0.2, 0) is 17.8 Å². The van der Waals surface area contributed by atoms with E-state index in [1.807, 2.05) is 24.8 Å². The number of ether oxygens (including phenoxy) is 1. The number of aromatic amines is 1. The van der Waals surface area contributed by atoms with Crippen molar-refractivity contribution in [2.75, 3.05) is 26.8 Å². The number of para-hydroxylation sites is 1. The zero-order valence-electron chi connectivity index (χ0n) is 19.5. The van der Waals surface area contributed by atoms with Gasteiger partial charge < -0.3 is 14.3 Å². The molecule has 0 saturated heterocycles. The second-order valence-corrected chi connectivity index (χ2v) is 8.57. The summed E-state index contributed by atoms with van der Waals surface area (Å²) in [6.07, 6.45) is 10.1. The minimum atomic E-state index is 0.724. The first-order valence-corrected chi connectivity index (χ1v) is 11.7. The quantitative estimate of drug-likeness (QED) is 0.290. The third-order valence-corrected chi connectivity index (χ3v) is 6.29. The number of benzene rings is 2. The lowest BCUT2D eigenvalue weighted by Crippen LogP contribution is -2.30. The zero-order chi connectivity index (χ0) is 23.2. The van der Waals surface area contributed by atoms with Crippen molar-refractivity contribution in [3.63, 3.8) is 0 Å². The van der Waals surface area contributed by atoms with Gasteiger partial charge in [0, 0.05) is 97.4 Å². The van der Waals surface area contributed by atoms with Crippen LogP contribution in [0, 0.1) is 0 Å². The van der Waals surface area contributed by atoms with Crippen molar-refractivity contribution >= 4 is 10.9 Å². The van der Waals surface area contributed by atoms with Gasteiger partial charge in [-0.3, -0.25) is 9.88 Å². The summed E-state index contributed by atoms with van der Waals surface area (Å²) >= 11 is 0. The molecule has 0 aliphatic carbocycles. The zero-order valence-corrected chi connectivity index (χ0v) is 19.5. The Balaban J connectivity index is 1.42. The fourth-order valence-corrected chi connectivity index (χ4v) is 4.49. The van der Waals surface area contributed by atoms with Crippen molar-refractivity contribution in [3.05, 3.63) is 103 Å². The molecule has 0 saturated carbocycles. The first-order valence-electron chi connectivity index (χ1n) is 11.7. The second kappa shape index (κ2) is 10.5. The second-order valence-electron chi connectivity index (χ2n) is 8.57. The molecule has 1 N–H and O–H groups in total. The molecule has 0 fully saturated rings. The molecule has 5 nitrogen and oxygen atoms in total. The van der Waals surface area contributed by atoms with Crippen LogP contribution in [0.1, 0.15) is 5.56 Å². The number of aromatic nitrogens is 3. The number of methoxy groups -OCH3 is 1. The van der Waals surface area contributed by atoms with Crippen molar-refractivity contribution in [3.8, 4) is 22.3 Å². The molecule has 0 amide bonds. The summed E-state index contributed by atoms with van der Waals surface area (Å²) < 4.78 is 7.75. The molecule has 34 heavy (non-hydrogen) atoms. The van der Waals surface area contributed by atoms with Crippen LogP contribution in [0.25, 0.3) is 33.2 Å². The largest absolute Gasteiger partial charge is 0.383 e. The van der Waals surface area contributed by atoms with Gasteiger partial charge in [-0.25, -0.2) is 0 Å². The summed E-state index contributed by atoms with van der Waals surface area (Å²) in [6.45, 7) is 4.39. The Kier molecular flexibility index (Phi) is 6.84. The smallest absolute Gasteiger partial charge is 0.0589 e. The van der Waals surface area contributed by atoms with Crippen molar-refractivity contribution in [2.45, 2.75) is 13.1 Å². The van der Waals surface area contributed by atoms with Crippen LogP contribution in [0.3, 0.4) is 0 Å². The molecule has 3 aromatic heterocycles.